The molecule has 0 spiro atoms. The molecule has 2 aliphatic rings. The van der Waals surface area contributed by atoms with E-state index in [1.807, 2.05) is 30.3 Å². The standard InChI is InChI=1S/C20H23NO4/c1-21-9-8-14-10-17-19(25-12-24-17)20(23-2)18(14)15(21)11-16(22)13-6-4-3-5-7-13/h3-7,10,15-16,22H,8-9,11-12H2,1-2H3/t15-,16+/m1/s1. The molecule has 0 saturated heterocycles. The molecule has 2 heterocycles. The molecule has 0 bridgehead atoms. The van der Waals surface area contributed by atoms with Gasteiger partial charge in [0.25, 0.3) is 0 Å². The van der Waals surface area contributed by atoms with Gasteiger partial charge in [0.05, 0.1) is 13.2 Å². The van der Waals surface area contributed by atoms with Crippen LogP contribution in [0.2, 0.25) is 0 Å². The molecule has 0 amide bonds. The van der Waals surface area contributed by atoms with Gasteiger partial charge in [0, 0.05) is 18.2 Å². The van der Waals surface area contributed by atoms with E-state index in [1.54, 1.807) is 7.11 Å². The highest BCUT2D eigenvalue weighted by Gasteiger charge is 2.35. The number of rotatable bonds is 4. The SMILES string of the molecule is COc1c2c(cc3c1[C@@H](C[C@H](O)c1ccccc1)N(C)CC3)OCO2. The Morgan fingerprint density at radius 3 is 2.84 bits per heavy atom. The fourth-order valence-electron chi connectivity index (χ4n) is 3.85. The number of aliphatic hydroxyl groups excluding tert-OH is 1. The molecule has 2 aromatic carbocycles. The van der Waals surface area contributed by atoms with Gasteiger partial charge in [-0.05, 0) is 37.1 Å². The molecule has 0 fully saturated rings. The Bertz CT molecular complexity index is 762. The summed E-state index contributed by atoms with van der Waals surface area (Å²) < 4.78 is 16.9. The molecule has 4 rings (SSSR count). The van der Waals surface area contributed by atoms with Crippen LogP contribution < -0.4 is 14.2 Å². The molecule has 25 heavy (non-hydrogen) atoms. The van der Waals surface area contributed by atoms with Gasteiger partial charge in [-0.2, -0.15) is 0 Å². The smallest absolute Gasteiger partial charge is 0.231 e. The molecule has 0 radical (unpaired) electrons. The predicted octanol–water partition coefficient (Wildman–Crippen LogP) is 3.08. The Labute approximate surface area is 147 Å². The van der Waals surface area contributed by atoms with E-state index in [0.717, 1.165) is 35.6 Å². The van der Waals surface area contributed by atoms with Gasteiger partial charge < -0.3 is 19.3 Å². The van der Waals surface area contributed by atoms with Gasteiger partial charge in [0.15, 0.2) is 11.5 Å². The van der Waals surface area contributed by atoms with Crippen LogP contribution in [-0.2, 0) is 6.42 Å². The predicted molar refractivity (Wildman–Crippen MR) is 94.2 cm³/mol. The Balaban J connectivity index is 1.72. The molecule has 2 aromatic rings. The summed E-state index contributed by atoms with van der Waals surface area (Å²) in [6.07, 6.45) is 0.995. The van der Waals surface area contributed by atoms with Gasteiger partial charge in [0.2, 0.25) is 12.5 Å². The number of aliphatic hydroxyl groups is 1. The molecule has 132 valence electrons. The van der Waals surface area contributed by atoms with Crippen LogP contribution in [0.5, 0.6) is 17.2 Å². The van der Waals surface area contributed by atoms with E-state index in [4.69, 9.17) is 14.2 Å². The summed E-state index contributed by atoms with van der Waals surface area (Å²) in [6, 6.07) is 11.9. The molecule has 0 unspecified atom stereocenters. The molecule has 0 saturated carbocycles. The zero-order valence-corrected chi connectivity index (χ0v) is 14.6. The molecule has 0 aromatic heterocycles. The summed E-state index contributed by atoms with van der Waals surface area (Å²) in [5, 5.41) is 10.7. The molecule has 5 nitrogen and oxygen atoms in total. The number of methoxy groups -OCH3 is 1. The zero-order valence-electron chi connectivity index (χ0n) is 14.6. The molecule has 2 atom stereocenters. The van der Waals surface area contributed by atoms with Crippen LogP contribution in [0.3, 0.4) is 0 Å². The number of ether oxygens (including phenoxy) is 3. The van der Waals surface area contributed by atoms with Crippen molar-refractivity contribution in [1.82, 2.24) is 4.90 Å². The quantitative estimate of drug-likeness (QED) is 0.926. The summed E-state index contributed by atoms with van der Waals surface area (Å²) in [7, 11) is 3.76. The monoisotopic (exact) mass is 341 g/mol. The highest BCUT2D eigenvalue weighted by Crippen LogP contribution is 2.50. The number of fused-ring (bicyclic) bond motifs is 2. The lowest BCUT2D eigenvalue weighted by Gasteiger charge is -2.37. The van der Waals surface area contributed by atoms with Crippen LogP contribution in [0.1, 0.15) is 35.3 Å². The number of hydrogen-bond donors (Lipinski definition) is 1. The Kier molecular flexibility index (Phi) is 4.27. The van der Waals surface area contributed by atoms with Crippen LogP contribution >= 0.6 is 0 Å². The van der Waals surface area contributed by atoms with Gasteiger partial charge in [-0.15, -0.1) is 0 Å². The summed E-state index contributed by atoms with van der Waals surface area (Å²) in [5.41, 5.74) is 3.25. The van der Waals surface area contributed by atoms with Gasteiger partial charge in [0.1, 0.15) is 0 Å². The first-order chi connectivity index (χ1) is 12.2. The molecular formula is C20H23NO4. The summed E-state index contributed by atoms with van der Waals surface area (Å²) >= 11 is 0. The first-order valence-electron chi connectivity index (χ1n) is 8.61. The van der Waals surface area contributed by atoms with Crippen molar-refractivity contribution in [2.75, 3.05) is 27.5 Å². The maximum atomic E-state index is 10.7. The van der Waals surface area contributed by atoms with Gasteiger partial charge >= 0.3 is 0 Å². The molecule has 2 aliphatic heterocycles. The molecule has 5 heteroatoms. The minimum absolute atomic E-state index is 0.0587. The summed E-state index contributed by atoms with van der Waals surface area (Å²) in [4.78, 5) is 2.28. The van der Waals surface area contributed by atoms with E-state index in [1.165, 1.54) is 5.56 Å². The van der Waals surface area contributed by atoms with Crippen molar-refractivity contribution in [1.29, 1.82) is 0 Å². The Morgan fingerprint density at radius 1 is 1.28 bits per heavy atom. The fourth-order valence-corrected chi connectivity index (χ4v) is 3.85. The second-order valence-corrected chi connectivity index (χ2v) is 6.62. The van der Waals surface area contributed by atoms with Crippen molar-refractivity contribution in [3.8, 4) is 17.2 Å². The van der Waals surface area contributed by atoms with Crippen LogP contribution in [-0.4, -0.2) is 37.5 Å². The zero-order chi connectivity index (χ0) is 17.4. The third-order valence-corrected chi connectivity index (χ3v) is 5.18. The molecule has 1 N–H and O–H groups in total. The number of nitrogens with zero attached hydrogens (tertiary/aromatic N) is 1. The third kappa shape index (κ3) is 2.83. The molecule has 0 aliphatic carbocycles. The van der Waals surface area contributed by atoms with Crippen LogP contribution in [0, 0.1) is 0 Å². The summed E-state index contributed by atoms with van der Waals surface area (Å²) in [6.45, 7) is 1.16. The van der Waals surface area contributed by atoms with Crippen molar-refractivity contribution in [3.05, 3.63) is 53.1 Å². The normalized spacial score (nSPS) is 20.2. The number of likely N-dealkylation sites (N-methyl/N-ethyl adjacent to an activating group) is 1. The minimum atomic E-state index is -0.533. The van der Waals surface area contributed by atoms with E-state index in [2.05, 4.69) is 18.0 Å². The second-order valence-electron chi connectivity index (χ2n) is 6.62. The highest BCUT2D eigenvalue weighted by molar-refractivity contribution is 5.61. The van der Waals surface area contributed by atoms with Crippen LogP contribution in [0.15, 0.2) is 36.4 Å². The average Bonchev–Trinajstić information content (AvgIpc) is 3.11. The maximum Gasteiger partial charge on any atom is 0.231 e. The lowest BCUT2D eigenvalue weighted by atomic mass is 9.87. The lowest BCUT2D eigenvalue weighted by molar-refractivity contribution is 0.107. The van der Waals surface area contributed by atoms with Crippen molar-refractivity contribution < 1.29 is 19.3 Å². The minimum Gasteiger partial charge on any atom is -0.492 e. The number of hydrogen-bond acceptors (Lipinski definition) is 5. The van der Waals surface area contributed by atoms with E-state index < -0.39 is 6.10 Å². The summed E-state index contributed by atoms with van der Waals surface area (Å²) in [5.74, 6) is 2.17. The third-order valence-electron chi connectivity index (χ3n) is 5.18. The average molecular weight is 341 g/mol. The lowest BCUT2D eigenvalue weighted by Crippen LogP contribution is -2.33. The van der Waals surface area contributed by atoms with Crippen molar-refractivity contribution in [2.24, 2.45) is 0 Å². The van der Waals surface area contributed by atoms with Gasteiger partial charge in [-0.25, -0.2) is 0 Å². The van der Waals surface area contributed by atoms with E-state index in [9.17, 15) is 5.11 Å². The van der Waals surface area contributed by atoms with Crippen molar-refractivity contribution in [2.45, 2.75) is 25.0 Å². The largest absolute Gasteiger partial charge is 0.492 e. The first kappa shape index (κ1) is 16.2. The van der Waals surface area contributed by atoms with Crippen molar-refractivity contribution >= 4 is 0 Å². The highest BCUT2D eigenvalue weighted by atomic mass is 16.7. The van der Waals surface area contributed by atoms with Gasteiger partial charge in [-0.1, -0.05) is 30.3 Å². The Morgan fingerprint density at radius 2 is 2.08 bits per heavy atom. The fraction of sp³-hybridized carbons (Fsp3) is 0.400. The van der Waals surface area contributed by atoms with Crippen LogP contribution in [0.25, 0.3) is 0 Å². The second kappa shape index (κ2) is 6.58. The topological polar surface area (TPSA) is 51.2 Å². The van der Waals surface area contributed by atoms with Gasteiger partial charge in [-0.3, -0.25) is 4.90 Å². The van der Waals surface area contributed by atoms with Crippen molar-refractivity contribution in [3.63, 3.8) is 0 Å². The van der Waals surface area contributed by atoms with Crippen LogP contribution in [0.4, 0.5) is 0 Å². The Hall–Kier alpha value is -2.24. The first-order valence-corrected chi connectivity index (χ1v) is 8.61. The van der Waals surface area contributed by atoms with E-state index >= 15 is 0 Å². The maximum absolute atomic E-state index is 10.7. The molecular weight excluding hydrogens is 318 g/mol. The number of benzene rings is 2. The van der Waals surface area contributed by atoms with E-state index in [-0.39, 0.29) is 12.8 Å². The van der Waals surface area contributed by atoms with E-state index in [0.29, 0.717) is 12.2 Å².